The normalized spacial score (nSPS) is 18.6. The minimum atomic E-state index is -0.977. The Balaban J connectivity index is 1.51. The van der Waals surface area contributed by atoms with Crippen LogP contribution in [0.2, 0.25) is 0 Å². The Hall–Kier alpha value is -2.97. The van der Waals surface area contributed by atoms with Crippen molar-refractivity contribution in [1.29, 1.82) is 0 Å². The van der Waals surface area contributed by atoms with Gasteiger partial charge in [0.05, 0.1) is 0 Å². The lowest BCUT2D eigenvalue weighted by atomic mass is 9.91. The van der Waals surface area contributed by atoms with Crippen molar-refractivity contribution in [3.05, 3.63) is 41.6 Å². The quantitative estimate of drug-likeness (QED) is 0.775. The maximum absolute atomic E-state index is 13.4. The Kier molecular flexibility index (Phi) is 6.69. The number of nitrogens with one attached hydrogen (secondary N) is 2. The summed E-state index contributed by atoms with van der Waals surface area (Å²) in [4.78, 5) is 24.7. The molecular formula is C21H28F2N6O. The molecule has 9 heteroatoms. The minimum Gasteiger partial charge on any atom is -0.362 e. The number of carbonyl (C=O) groups excluding carboxylic acids is 1. The zero-order valence-electron chi connectivity index (χ0n) is 17.7. The number of urea groups is 1. The van der Waals surface area contributed by atoms with Crippen LogP contribution >= 0.6 is 0 Å². The van der Waals surface area contributed by atoms with Crippen molar-refractivity contribution in [2.45, 2.75) is 44.7 Å². The van der Waals surface area contributed by atoms with Gasteiger partial charge in [0, 0.05) is 56.7 Å². The summed E-state index contributed by atoms with van der Waals surface area (Å²) in [7, 11) is 5.43. The van der Waals surface area contributed by atoms with Gasteiger partial charge in [-0.15, -0.1) is 0 Å². The van der Waals surface area contributed by atoms with Crippen LogP contribution in [0.4, 0.5) is 31.0 Å². The molecule has 2 aromatic rings. The molecule has 1 aromatic carbocycles. The molecule has 7 nitrogen and oxygen atoms in total. The van der Waals surface area contributed by atoms with Crippen molar-refractivity contribution in [2.24, 2.45) is 0 Å². The van der Waals surface area contributed by atoms with Gasteiger partial charge in [0.15, 0.2) is 11.6 Å². The summed E-state index contributed by atoms with van der Waals surface area (Å²) < 4.78 is 26.5. The lowest BCUT2D eigenvalue weighted by Crippen LogP contribution is -2.45. The number of nitrogens with zero attached hydrogens (tertiary/aromatic N) is 4. The molecule has 1 aromatic heterocycles. The average molecular weight is 418 g/mol. The van der Waals surface area contributed by atoms with E-state index in [1.54, 1.807) is 0 Å². The van der Waals surface area contributed by atoms with E-state index < -0.39 is 11.6 Å². The van der Waals surface area contributed by atoms with E-state index in [-0.39, 0.29) is 18.1 Å². The highest BCUT2D eigenvalue weighted by Crippen LogP contribution is 2.23. The molecular weight excluding hydrogens is 390 g/mol. The van der Waals surface area contributed by atoms with Gasteiger partial charge in [0.2, 0.25) is 5.95 Å². The third-order valence-electron chi connectivity index (χ3n) is 5.35. The maximum atomic E-state index is 13.4. The van der Waals surface area contributed by atoms with Crippen molar-refractivity contribution < 1.29 is 13.6 Å². The third kappa shape index (κ3) is 5.14. The summed E-state index contributed by atoms with van der Waals surface area (Å²) in [6, 6.07) is 3.33. The molecule has 162 valence electrons. The van der Waals surface area contributed by atoms with Gasteiger partial charge in [-0.3, -0.25) is 4.90 Å². The van der Waals surface area contributed by atoms with Crippen LogP contribution in [0.25, 0.3) is 0 Å². The van der Waals surface area contributed by atoms with Crippen LogP contribution < -0.4 is 20.4 Å². The maximum Gasteiger partial charge on any atom is 0.321 e. The van der Waals surface area contributed by atoms with E-state index in [2.05, 4.69) is 20.6 Å². The molecule has 0 aliphatic heterocycles. The molecule has 0 spiro atoms. The molecule has 0 saturated heterocycles. The molecule has 2 amide bonds. The number of amides is 2. The molecule has 1 fully saturated rings. The average Bonchev–Trinajstić information content (AvgIpc) is 2.72. The highest BCUT2D eigenvalue weighted by Gasteiger charge is 2.24. The molecule has 3 rings (SSSR count). The van der Waals surface area contributed by atoms with E-state index in [1.165, 1.54) is 18.0 Å². The molecule has 0 atom stereocenters. The van der Waals surface area contributed by atoms with E-state index >= 15 is 0 Å². The smallest absolute Gasteiger partial charge is 0.321 e. The lowest BCUT2D eigenvalue weighted by Gasteiger charge is -2.31. The van der Waals surface area contributed by atoms with Gasteiger partial charge >= 0.3 is 6.03 Å². The first-order valence-corrected chi connectivity index (χ1v) is 10.0. The summed E-state index contributed by atoms with van der Waals surface area (Å²) in [6.45, 7) is 1.98. The van der Waals surface area contributed by atoms with Gasteiger partial charge in [-0.05, 0) is 44.7 Å². The number of aromatic nitrogens is 2. The highest BCUT2D eigenvalue weighted by molar-refractivity contribution is 5.91. The molecule has 1 aliphatic rings. The molecule has 30 heavy (non-hydrogen) atoms. The van der Waals surface area contributed by atoms with E-state index in [0.29, 0.717) is 11.6 Å². The number of anilines is 3. The summed E-state index contributed by atoms with van der Waals surface area (Å²) in [5, 5.41) is 6.36. The lowest BCUT2D eigenvalue weighted by molar-refractivity contribution is 0.238. The van der Waals surface area contributed by atoms with Crippen LogP contribution in [0.1, 0.15) is 31.2 Å². The Morgan fingerprint density at radius 1 is 1.07 bits per heavy atom. The van der Waals surface area contributed by atoms with E-state index in [9.17, 15) is 13.6 Å². The number of aryl methyl sites for hydroxylation is 1. The summed E-state index contributed by atoms with van der Waals surface area (Å²) in [5.74, 6) is -0.424. The Bertz CT molecular complexity index is 899. The molecule has 2 N–H and O–H groups in total. The number of hydrogen-bond acceptors (Lipinski definition) is 5. The van der Waals surface area contributed by atoms with Gasteiger partial charge in [-0.1, -0.05) is 0 Å². The van der Waals surface area contributed by atoms with Crippen molar-refractivity contribution in [3.8, 4) is 0 Å². The van der Waals surface area contributed by atoms with Crippen LogP contribution in [-0.4, -0.2) is 49.2 Å². The first-order chi connectivity index (χ1) is 14.2. The molecule has 1 heterocycles. The van der Waals surface area contributed by atoms with Crippen molar-refractivity contribution in [1.82, 2.24) is 15.3 Å². The van der Waals surface area contributed by atoms with Gasteiger partial charge in [0.25, 0.3) is 0 Å². The van der Waals surface area contributed by atoms with Crippen molar-refractivity contribution in [2.75, 3.05) is 36.3 Å². The zero-order chi connectivity index (χ0) is 21.8. The van der Waals surface area contributed by atoms with Crippen LogP contribution in [0.3, 0.4) is 0 Å². The summed E-state index contributed by atoms with van der Waals surface area (Å²) in [5.41, 5.74) is 1.32. The Morgan fingerprint density at radius 2 is 1.73 bits per heavy atom. The standard InChI is InChI=1S/C21H28F2N6O/c1-13-12-24-20(27-19(13)28(2)3)25-14-5-7-15(8-6-14)26-21(30)29(4)16-9-10-17(22)18(23)11-16/h9-12,14-15H,5-8H2,1-4H3,(H,26,30)(H,24,25,27). The topological polar surface area (TPSA) is 73.4 Å². The number of carbonyl (C=O) groups is 1. The molecule has 0 bridgehead atoms. The molecule has 0 radical (unpaired) electrons. The van der Waals surface area contributed by atoms with Gasteiger partial charge in [-0.2, -0.15) is 4.98 Å². The highest BCUT2D eigenvalue weighted by atomic mass is 19.2. The fourth-order valence-electron chi connectivity index (χ4n) is 3.60. The van der Waals surface area contributed by atoms with Gasteiger partial charge in [-0.25, -0.2) is 18.6 Å². The summed E-state index contributed by atoms with van der Waals surface area (Å²) in [6.07, 6.45) is 5.16. The Morgan fingerprint density at radius 3 is 2.37 bits per heavy atom. The number of hydrogen-bond donors (Lipinski definition) is 2. The number of rotatable bonds is 5. The second-order valence-electron chi connectivity index (χ2n) is 7.89. The molecule has 1 saturated carbocycles. The van der Waals surface area contributed by atoms with Gasteiger partial charge < -0.3 is 15.5 Å². The zero-order valence-corrected chi connectivity index (χ0v) is 17.7. The molecule has 0 unspecified atom stereocenters. The van der Waals surface area contributed by atoms with E-state index in [4.69, 9.17) is 0 Å². The number of halogens is 2. The minimum absolute atomic E-state index is 0.0274. The number of benzene rings is 1. The van der Waals surface area contributed by atoms with Crippen LogP contribution in [0.15, 0.2) is 24.4 Å². The first kappa shape index (κ1) is 21.7. The Labute approximate surface area is 175 Å². The van der Waals surface area contributed by atoms with Crippen molar-refractivity contribution >= 4 is 23.5 Å². The van der Waals surface area contributed by atoms with Crippen molar-refractivity contribution in [3.63, 3.8) is 0 Å². The fraction of sp³-hybridized carbons (Fsp3) is 0.476. The van der Waals surface area contributed by atoms with Crippen LogP contribution in [0.5, 0.6) is 0 Å². The van der Waals surface area contributed by atoms with Gasteiger partial charge in [0.1, 0.15) is 5.82 Å². The van der Waals surface area contributed by atoms with E-state index in [1.807, 2.05) is 32.1 Å². The largest absolute Gasteiger partial charge is 0.362 e. The van der Waals surface area contributed by atoms with Crippen LogP contribution in [-0.2, 0) is 0 Å². The predicted octanol–water partition coefficient (Wildman–Crippen LogP) is 3.70. The second kappa shape index (κ2) is 9.23. The first-order valence-electron chi connectivity index (χ1n) is 10.0. The monoisotopic (exact) mass is 418 g/mol. The third-order valence-corrected chi connectivity index (χ3v) is 5.35. The SMILES string of the molecule is Cc1cnc(NC2CCC(NC(=O)N(C)c3ccc(F)c(F)c3)CC2)nc1N(C)C. The van der Waals surface area contributed by atoms with E-state index in [0.717, 1.165) is 49.2 Å². The predicted molar refractivity (Wildman–Crippen MR) is 114 cm³/mol. The fourth-order valence-corrected chi connectivity index (χ4v) is 3.60. The second-order valence-corrected chi connectivity index (χ2v) is 7.89. The summed E-state index contributed by atoms with van der Waals surface area (Å²) >= 11 is 0. The van der Waals surface area contributed by atoms with Crippen LogP contribution in [0, 0.1) is 18.6 Å². The molecule has 1 aliphatic carbocycles.